The van der Waals surface area contributed by atoms with Gasteiger partial charge in [-0.15, -0.1) is 0 Å². The van der Waals surface area contributed by atoms with E-state index in [9.17, 15) is 0 Å². The summed E-state index contributed by atoms with van der Waals surface area (Å²) < 4.78 is 0. The molecule has 0 atom stereocenters. The fourth-order valence-corrected chi connectivity index (χ4v) is 12.2. The van der Waals surface area contributed by atoms with Gasteiger partial charge in [-0.25, -0.2) is 0 Å². The maximum Gasteiger partial charge on any atom is 0.0462 e. The molecule has 0 aliphatic heterocycles. The van der Waals surface area contributed by atoms with Crippen LogP contribution >= 0.6 is 0 Å². The number of hydrogen-bond acceptors (Lipinski definition) is 2. The smallest absolute Gasteiger partial charge is 0.0462 e. The van der Waals surface area contributed by atoms with Crippen molar-refractivity contribution in [2.24, 2.45) is 17.8 Å². The predicted molar refractivity (Wildman–Crippen MR) is 277 cm³/mol. The van der Waals surface area contributed by atoms with E-state index in [0.717, 1.165) is 46.2 Å². The molecule has 0 N–H and O–H groups in total. The molecule has 0 amide bonds. The van der Waals surface area contributed by atoms with E-state index < -0.39 is 0 Å². The Balaban J connectivity index is 0.852. The summed E-state index contributed by atoms with van der Waals surface area (Å²) in [5.74, 6) is 2.79. The van der Waals surface area contributed by atoms with E-state index in [4.69, 9.17) is 0 Å². The van der Waals surface area contributed by atoms with E-state index >= 15 is 0 Å². The van der Waals surface area contributed by atoms with Crippen LogP contribution in [0.15, 0.2) is 237 Å². The Bertz CT molecular complexity index is 2910. The van der Waals surface area contributed by atoms with Crippen molar-refractivity contribution in [1.29, 1.82) is 0 Å². The van der Waals surface area contributed by atoms with E-state index in [0.29, 0.717) is 5.41 Å². The first-order valence-electron chi connectivity index (χ1n) is 24.0. The lowest BCUT2D eigenvalue weighted by atomic mass is 9.48. The maximum atomic E-state index is 2.47. The van der Waals surface area contributed by atoms with E-state index in [-0.39, 0.29) is 0 Å². The van der Waals surface area contributed by atoms with Gasteiger partial charge < -0.3 is 9.80 Å². The fraction of sp³-hybridized carbons (Fsp3) is 0.156. The van der Waals surface area contributed by atoms with E-state index in [2.05, 4.69) is 246 Å². The van der Waals surface area contributed by atoms with Gasteiger partial charge in [0.1, 0.15) is 0 Å². The molecule has 0 heterocycles. The highest BCUT2D eigenvalue weighted by molar-refractivity contribution is 5.83. The summed E-state index contributed by atoms with van der Waals surface area (Å²) in [6.45, 7) is 0. The van der Waals surface area contributed by atoms with Crippen molar-refractivity contribution >= 4 is 34.1 Å². The normalized spacial score (nSPS) is 19.4. The summed E-state index contributed by atoms with van der Waals surface area (Å²) in [6.07, 6.45) is 8.55. The van der Waals surface area contributed by atoms with Crippen molar-refractivity contribution in [2.45, 2.75) is 43.9 Å². The Hall–Kier alpha value is -7.42. The third-order valence-corrected chi connectivity index (χ3v) is 15.1. The zero-order valence-corrected chi connectivity index (χ0v) is 37.4. The molecule has 0 unspecified atom stereocenters. The molecule has 9 aromatic rings. The maximum absolute atomic E-state index is 2.47. The molecule has 9 aromatic carbocycles. The van der Waals surface area contributed by atoms with E-state index in [1.165, 1.54) is 88.7 Å². The number of benzene rings is 9. The Morgan fingerprint density at radius 3 is 0.697 bits per heavy atom. The van der Waals surface area contributed by atoms with Crippen molar-refractivity contribution in [3.63, 3.8) is 0 Å². The van der Waals surface area contributed by atoms with Crippen LogP contribution in [0.3, 0.4) is 0 Å². The second-order valence-electron chi connectivity index (χ2n) is 19.2. The van der Waals surface area contributed by atoms with Gasteiger partial charge in [0.15, 0.2) is 0 Å². The zero-order chi connectivity index (χ0) is 43.9. The molecule has 4 aliphatic carbocycles. The highest BCUT2D eigenvalue weighted by Crippen LogP contribution is 2.61. The largest absolute Gasteiger partial charge is 0.311 e. The minimum atomic E-state index is 0.379. The van der Waals surface area contributed by atoms with Crippen LogP contribution in [0.4, 0.5) is 34.1 Å². The molecule has 13 rings (SSSR count). The van der Waals surface area contributed by atoms with Crippen molar-refractivity contribution in [2.75, 3.05) is 9.80 Å². The van der Waals surface area contributed by atoms with Crippen LogP contribution in [0.2, 0.25) is 0 Å². The van der Waals surface area contributed by atoms with Crippen molar-refractivity contribution in [3.05, 3.63) is 242 Å². The second kappa shape index (κ2) is 17.2. The molecule has 66 heavy (non-hydrogen) atoms. The standard InChI is InChI=1S/C64H54N2/c1-4-10-49(11-5-1)52-16-28-58(29-17-52)65(59-30-18-53(19-31-59)50-12-6-2-7-13-50)60-34-22-55(23-35-60)56-24-36-62(37-25-56)66(61-32-20-54(21-33-61)51-14-8-3-9-15-51)63-38-26-57(27-39-63)64-43-46-40-47(44-64)42-48(41-46)45-64/h1-39,46-48H,40-45H2. The van der Waals surface area contributed by atoms with Crippen molar-refractivity contribution < 1.29 is 0 Å². The molecule has 4 bridgehead atoms. The van der Waals surface area contributed by atoms with Gasteiger partial charge >= 0.3 is 0 Å². The highest BCUT2D eigenvalue weighted by atomic mass is 15.1. The van der Waals surface area contributed by atoms with Gasteiger partial charge in [0.2, 0.25) is 0 Å². The monoisotopic (exact) mass is 850 g/mol. The summed E-state index contributed by atoms with van der Waals surface area (Å²) >= 11 is 0. The van der Waals surface area contributed by atoms with Gasteiger partial charge in [0, 0.05) is 34.1 Å². The first-order chi connectivity index (χ1) is 32.6. The topological polar surface area (TPSA) is 6.48 Å². The average molecular weight is 851 g/mol. The van der Waals surface area contributed by atoms with Crippen molar-refractivity contribution in [3.8, 4) is 44.5 Å². The van der Waals surface area contributed by atoms with E-state index in [1.54, 1.807) is 5.56 Å². The minimum absolute atomic E-state index is 0.379. The summed E-state index contributed by atoms with van der Waals surface area (Å²) in [6, 6.07) is 86.7. The molecule has 0 saturated heterocycles. The third-order valence-electron chi connectivity index (χ3n) is 15.1. The molecule has 0 aromatic heterocycles. The highest BCUT2D eigenvalue weighted by Gasteiger charge is 2.51. The van der Waals surface area contributed by atoms with Crippen LogP contribution in [0, 0.1) is 17.8 Å². The Morgan fingerprint density at radius 2 is 0.455 bits per heavy atom. The van der Waals surface area contributed by atoms with Crippen LogP contribution in [0.25, 0.3) is 44.5 Å². The van der Waals surface area contributed by atoms with Gasteiger partial charge in [0.25, 0.3) is 0 Å². The van der Waals surface area contributed by atoms with Gasteiger partial charge in [-0.1, -0.05) is 164 Å². The summed E-state index contributed by atoms with van der Waals surface area (Å²) in [7, 11) is 0. The SMILES string of the molecule is c1ccc(-c2ccc(N(c3ccc(-c4ccccc4)cc3)c3ccc(-c4ccc(N(c5ccc(-c6ccccc6)cc5)c5ccc(C67CC8CC(CC(C8)C6)C7)cc5)cc4)cc3)cc2)cc1. The molecule has 4 aliphatic rings. The Morgan fingerprint density at radius 1 is 0.242 bits per heavy atom. The molecular weight excluding hydrogens is 797 g/mol. The lowest BCUT2D eigenvalue weighted by Gasteiger charge is -2.57. The lowest BCUT2D eigenvalue weighted by Crippen LogP contribution is -2.48. The zero-order valence-electron chi connectivity index (χ0n) is 37.4. The number of anilines is 6. The third kappa shape index (κ3) is 7.81. The van der Waals surface area contributed by atoms with Gasteiger partial charge in [-0.3, -0.25) is 0 Å². The van der Waals surface area contributed by atoms with Crippen LogP contribution in [-0.4, -0.2) is 0 Å². The minimum Gasteiger partial charge on any atom is -0.311 e. The van der Waals surface area contributed by atoms with Crippen LogP contribution in [-0.2, 0) is 5.41 Å². The van der Waals surface area contributed by atoms with Crippen LogP contribution in [0.1, 0.15) is 44.1 Å². The summed E-state index contributed by atoms with van der Waals surface area (Å²) in [5, 5.41) is 0. The van der Waals surface area contributed by atoms with Crippen LogP contribution < -0.4 is 9.80 Å². The molecule has 4 fully saturated rings. The Kier molecular flexibility index (Phi) is 10.4. The van der Waals surface area contributed by atoms with Gasteiger partial charge in [-0.05, 0) is 185 Å². The van der Waals surface area contributed by atoms with E-state index in [1.807, 2.05) is 0 Å². The molecule has 0 radical (unpaired) electrons. The quantitative estimate of drug-likeness (QED) is 0.128. The van der Waals surface area contributed by atoms with Gasteiger partial charge in [-0.2, -0.15) is 0 Å². The number of hydrogen-bond donors (Lipinski definition) is 0. The number of nitrogens with zero attached hydrogens (tertiary/aromatic N) is 2. The molecule has 320 valence electrons. The Labute approximate surface area is 390 Å². The van der Waals surface area contributed by atoms with Gasteiger partial charge in [0.05, 0.1) is 0 Å². The predicted octanol–water partition coefficient (Wildman–Crippen LogP) is 17.8. The summed E-state index contributed by atoms with van der Waals surface area (Å²) in [5.41, 5.74) is 18.4. The fourth-order valence-electron chi connectivity index (χ4n) is 12.2. The average Bonchev–Trinajstić information content (AvgIpc) is 3.38. The molecule has 4 saturated carbocycles. The molecule has 0 spiro atoms. The number of rotatable bonds is 11. The molecule has 2 heteroatoms. The van der Waals surface area contributed by atoms with Crippen molar-refractivity contribution in [1.82, 2.24) is 0 Å². The summed E-state index contributed by atoms with van der Waals surface area (Å²) in [4.78, 5) is 4.78. The second-order valence-corrected chi connectivity index (χ2v) is 19.2. The van der Waals surface area contributed by atoms with Crippen LogP contribution in [0.5, 0.6) is 0 Å². The first-order valence-corrected chi connectivity index (χ1v) is 24.0. The first kappa shape index (κ1) is 40.1. The lowest BCUT2D eigenvalue weighted by molar-refractivity contribution is -0.00518. The molecule has 2 nitrogen and oxygen atoms in total. The molecular formula is C64H54N2.